The van der Waals surface area contributed by atoms with Crippen molar-refractivity contribution in [3.05, 3.63) is 152 Å². The molecule has 6 aromatic carbocycles. The molecule has 3 nitrogen and oxygen atoms in total. The molecule has 0 bridgehead atoms. The van der Waals surface area contributed by atoms with E-state index >= 15 is 0 Å². The average Bonchev–Trinajstić information content (AvgIpc) is 2.97. The Labute approximate surface area is 223 Å². The highest BCUT2D eigenvalue weighted by atomic mass is 31.2. The number of hydrogen-bond acceptors (Lipinski definition) is 3. The Morgan fingerprint density at radius 2 is 0.684 bits per heavy atom. The first-order chi connectivity index (χ1) is 18.6. The maximum absolute atomic E-state index is 10.9. The molecule has 0 aliphatic carbocycles. The molecule has 0 fully saturated rings. The first-order valence-corrected chi connectivity index (χ1v) is 14.1. The van der Waals surface area contributed by atoms with Crippen LogP contribution in [0.25, 0.3) is 10.8 Å². The second-order valence-electron chi connectivity index (χ2n) is 8.85. The van der Waals surface area contributed by atoms with E-state index in [2.05, 4.69) is 78.9 Å². The minimum atomic E-state index is -2.19. The molecule has 0 radical (unpaired) electrons. The van der Waals surface area contributed by atoms with E-state index in [9.17, 15) is 5.11 Å². The van der Waals surface area contributed by atoms with E-state index in [0.717, 1.165) is 16.1 Å². The second-order valence-corrected chi connectivity index (χ2v) is 12.2. The lowest BCUT2D eigenvalue weighted by Gasteiger charge is -2.27. The smallest absolute Gasteiger partial charge is 0.159 e. The van der Waals surface area contributed by atoms with Crippen molar-refractivity contribution in [1.29, 1.82) is 0 Å². The first-order valence-electron chi connectivity index (χ1n) is 12.4. The molecular formula is C34H28O3P+. The Balaban J connectivity index is 0.000000204. The van der Waals surface area contributed by atoms with E-state index in [1.54, 1.807) is 18.2 Å². The molecule has 0 aliphatic heterocycles. The van der Waals surface area contributed by atoms with Crippen molar-refractivity contribution in [2.45, 2.75) is 0 Å². The number of phenols is 3. The molecular weight excluding hydrogens is 487 g/mol. The predicted molar refractivity (Wildman–Crippen MR) is 160 cm³/mol. The third-order valence-electron chi connectivity index (χ3n) is 6.52. The summed E-state index contributed by atoms with van der Waals surface area (Å²) >= 11 is 0. The van der Waals surface area contributed by atoms with Gasteiger partial charge in [-0.15, -0.1) is 0 Å². The van der Waals surface area contributed by atoms with Crippen molar-refractivity contribution < 1.29 is 15.3 Å². The molecule has 0 amide bonds. The molecule has 3 N–H and O–H groups in total. The van der Waals surface area contributed by atoms with Crippen molar-refractivity contribution in [2.24, 2.45) is 0 Å². The number of hydrogen-bond donors (Lipinski definition) is 3. The third kappa shape index (κ3) is 4.85. The molecule has 0 atom stereocenters. The lowest BCUT2D eigenvalue weighted by Crippen LogP contribution is -2.38. The predicted octanol–water partition coefficient (Wildman–Crippen LogP) is 6.26. The SMILES string of the molecule is Oc1cc2ccccc2cc1O.Oc1ccccc1[P+](c1ccccc1)(c1ccccc1)c1ccccc1. The molecule has 0 aromatic heterocycles. The Hall–Kier alpha value is -4.59. The first kappa shape index (κ1) is 25.1. The maximum Gasteiger partial charge on any atom is 0.159 e. The Morgan fingerprint density at radius 1 is 0.342 bits per heavy atom. The Morgan fingerprint density at radius 3 is 1.08 bits per heavy atom. The molecule has 0 heterocycles. The summed E-state index contributed by atoms with van der Waals surface area (Å²) in [5.41, 5.74) is 0. The van der Waals surface area contributed by atoms with E-state index in [0.29, 0.717) is 5.75 Å². The third-order valence-corrected chi connectivity index (χ3v) is 10.8. The van der Waals surface area contributed by atoms with Gasteiger partial charge in [-0.2, -0.15) is 0 Å². The van der Waals surface area contributed by atoms with Gasteiger partial charge in [0.15, 0.2) is 22.6 Å². The van der Waals surface area contributed by atoms with E-state index in [1.165, 1.54) is 15.9 Å². The van der Waals surface area contributed by atoms with Gasteiger partial charge in [-0.25, -0.2) is 0 Å². The van der Waals surface area contributed by atoms with Crippen molar-refractivity contribution in [2.75, 3.05) is 0 Å². The molecule has 0 aliphatic rings. The number of para-hydroxylation sites is 1. The highest BCUT2D eigenvalue weighted by Crippen LogP contribution is 2.55. The van der Waals surface area contributed by atoms with E-state index in [1.807, 2.05) is 54.6 Å². The van der Waals surface area contributed by atoms with E-state index in [-0.39, 0.29) is 11.5 Å². The van der Waals surface area contributed by atoms with Crippen molar-refractivity contribution in [1.82, 2.24) is 0 Å². The summed E-state index contributed by atoms with van der Waals surface area (Å²) in [5, 5.41) is 35.7. The molecule has 0 spiro atoms. The van der Waals surface area contributed by atoms with Gasteiger partial charge < -0.3 is 15.3 Å². The van der Waals surface area contributed by atoms with Crippen LogP contribution in [0.4, 0.5) is 0 Å². The minimum absolute atomic E-state index is 0.0753. The van der Waals surface area contributed by atoms with Crippen LogP contribution in [0, 0.1) is 0 Å². The number of benzene rings is 6. The topological polar surface area (TPSA) is 60.7 Å². The molecule has 6 rings (SSSR count). The highest BCUT2D eigenvalue weighted by Gasteiger charge is 2.49. The maximum atomic E-state index is 10.9. The summed E-state index contributed by atoms with van der Waals surface area (Å²) < 4.78 is 0. The lowest BCUT2D eigenvalue weighted by atomic mass is 10.1. The summed E-state index contributed by atoms with van der Waals surface area (Å²) in [5.74, 6) is 0.194. The fourth-order valence-corrected chi connectivity index (χ4v) is 9.10. The van der Waals surface area contributed by atoms with Gasteiger partial charge in [0.1, 0.15) is 23.2 Å². The zero-order valence-electron chi connectivity index (χ0n) is 20.7. The molecule has 0 saturated heterocycles. The normalized spacial score (nSPS) is 10.9. The minimum Gasteiger partial charge on any atom is -0.504 e. The monoisotopic (exact) mass is 515 g/mol. The summed E-state index contributed by atoms with van der Waals surface area (Å²) in [6, 6.07) is 50.1. The molecule has 0 saturated carbocycles. The van der Waals surface area contributed by atoms with Crippen LogP contribution in [0.15, 0.2) is 152 Å². The summed E-state index contributed by atoms with van der Waals surface area (Å²) in [7, 11) is -2.19. The van der Waals surface area contributed by atoms with Gasteiger partial charge >= 0.3 is 0 Å². The average molecular weight is 516 g/mol. The van der Waals surface area contributed by atoms with Gasteiger partial charge in [-0.1, -0.05) is 91.0 Å². The van der Waals surface area contributed by atoms with Crippen molar-refractivity contribution in [3.8, 4) is 17.2 Å². The highest BCUT2D eigenvalue weighted by molar-refractivity contribution is 8.01. The van der Waals surface area contributed by atoms with E-state index in [4.69, 9.17) is 10.2 Å². The molecule has 6 aromatic rings. The van der Waals surface area contributed by atoms with Crippen LogP contribution < -0.4 is 21.2 Å². The quantitative estimate of drug-likeness (QED) is 0.192. The standard InChI is InChI=1S/C24H19OP.C10H8O2/c25-23-18-10-11-19-24(23)26(20-12-4-1-5-13-20,21-14-6-2-7-15-21)22-16-8-3-9-17-22;11-9-5-7-3-1-2-4-8(7)6-10(9)12/h1-19H;1-6,11-12H/p+1. The van der Waals surface area contributed by atoms with Crippen LogP contribution in [-0.4, -0.2) is 15.3 Å². The van der Waals surface area contributed by atoms with Gasteiger partial charge in [0.05, 0.1) is 0 Å². The van der Waals surface area contributed by atoms with E-state index < -0.39 is 7.26 Å². The van der Waals surface area contributed by atoms with Gasteiger partial charge in [0, 0.05) is 0 Å². The second kappa shape index (κ2) is 11.2. The number of aromatic hydroxyl groups is 3. The largest absolute Gasteiger partial charge is 0.504 e. The van der Waals surface area contributed by atoms with Crippen molar-refractivity contribution >= 4 is 39.3 Å². The Bertz CT molecular complexity index is 1500. The summed E-state index contributed by atoms with van der Waals surface area (Å²) in [6.45, 7) is 0. The molecule has 186 valence electrons. The molecule has 38 heavy (non-hydrogen) atoms. The van der Waals surface area contributed by atoms with Gasteiger partial charge in [-0.3, -0.25) is 0 Å². The number of fused-ring (bicyclic) bond motifs is 1. The van der Waals surface area contributed by atoms with Crippen LogP contribution in [-0.2, 0) is 0 Å². The lowest BCUT2D eigenvalue weighted by molar-refractivity contribution is 0.405. The summed E-state index contributed by atoms with van der Waals surface area (Å²) in [4.78, 5) is 0. The van der Waals surface area contributed by atoms with Crippen LogP contribution in [0.1, 0.15) is 0 Å². The van der Waals surface area contributed by atoms with Crippen LogP contribution in [0.5, 0.6) is 17.2 Å². The van der Waals surface area contributed by atoms with Crippen molar-refractivity contribution in [3.63, 3.8) is 0 Å². The van der Waals surface area contributed by atoms with Gasteiger partial charge in [0.25, 0.3) is 0 Å². The molecule has 0 unspecified atom stereocenters. The fourth-order valence-electron chi connectivity index (χ4n) is 4.78. The van der Waals surface area contributed by atoms with Crippen LogP contribution in [0.3, 0.4) is 0 Å². The molecule has 4 heteroatoms. The summed E-state index contributed by atoms with van der Waals surface area (Å²) in [6.07, 6.45) is 0. The van der Waals surface area contributed by atoms with Crippen LogP contribution >= 0.6 is 7.26 Å². The van der Waals surface area contributed by atoms with Gasteiger partial charge in [-0.05, 0) is 71.4 Å². The Kier molecular flexibility index (Phi) is 7.40. The van der Waals surface area contributed by atoms with Gasteiger partial charge in [0.2, 0.25) is 0 Å². The zero-order chi connectivity index (χ0) is 26.4. The van der Waals surface area contributed by atoms with Crippen LogP contribution in [0.2, 0.25) is 0 Å². The number of rotatable bonds is 4. The zero-order valence-corrected chi connectivity index (χ0v) is 21.6. The fraction of sp³-hybridized carbons (Fsp3) is 0. The number of phenolic OH excluding ortho intramolecular Hbond substituents is 3.